The SMILES string of the molecule is COC(=O)C[C@H](C(=O)N1CN(CC(F)(F)F)C[C@H]1C(=O)OC)C(C)C. The van der Waals surface area contributed by atoms with Crippen LogP contribution in [0.4, 0.5) is 13.2 Å². The molecule has 0 aromatic rings. The van der Waals surface area contributed by atoms with Crippen LogP contribution in [0.15, 0.2) is 0 Å². The second-order valence-corrected chi connectivity index (χ2v) is 6.25. The quantitative estimate of drug-likeness (QED) is 0.652. The van der Waals surface area contributed by atoms with Crippen LogP contribution in [0.3, 0.4) is 0 Å². The van der Waals surface area contributed by atoms with E-state index in [1.807, 2.05) is 0 Å². The van der Waals surface area contributed by atoms with Gasteiger partial charge in [-0.15, -0.1) is 0 Å². The molecule has 1 heterocycles. The molecule has 0 N–H and O–H groups in total. The number of rotatable bonds is 6. The molecule has 7 nitrogen and oxygen atoms in total. The highest BCUT2D eigenvalue weighted by Crippen LogP contribution is 2.26. The van der Waals surface area contributed by atoms with Gasteiger partial charge in [0.1, 0.15) is 6.04 Å². The molecule has 1 fully saturated rings. The third-order valence-electron chi connectivity index (χ3n) is 4.06. The Bertz CT molecular complexity index is 510. The number of amides is 1. The number of carbonyl (C=O) groups is 3. The number of carbonyl (C=O) groups excluding carboxylic acids is 3. The summed E-state index contributed by atoms with van der Waals surface area (Å²) in [6.07, 6.45) is -4.67. The highest BCUT2D eigenvalue weighted by atomic mass is 19.4. The molecule has 1 rings (SSSR count). The van der Waals surface area contributed by atoms with Crippen LogP contribution in [0.2, 0.25) is 0 Å². The molecule has 25 heavy (non-hydrogen) atoms. The molecule has 0 bridgehead atoms. The van der Waals surface area contributed by atoms with Gasteiger partial charge in [0.15, 0.2) is 0 Å². The van der Waals surface area contributed by atoms with Crippen molar-refractivity contribution in [3.63, 3.8) is 0 Å². The summed E-state index contributed by atoms with van der Waals surface area (Å²) in [7, 11) is 2.29. The zero-order valence-corrected chi connectivity index (χ0v) is 14.6. The molecule has 0 radical (unpaired) electrons. The van der Waals surface area contributed by atoms with Gasteiger partial charge in [0, 0.05) is 6.54 Å². The van der Waals surface area contributed by atoms with Crippen molar-refractivity contribution < 1.29 is 37.0 Å². The van der Waals surface area contributed by atoms with E-state index in [1.165, 1.54) is 7.11 Å². The number of nitrogens with zero attached hydrogens (tertiary/aromatic N) is 2. The fraction of sp³-hybridized carbons (Fsp3) is 0.800. The van der Waals surface area contributed by atoms with Crippen LogP contribution in [-0.2, 0) is 23.9 Å². The molecule has 0 spiro atoms. The van der Waals surface area contributed by atoms with Crippen LogP contribution >= 0.6 is 0 Å². The number of methoxy groups -OCH3 is 2. The summed E-state index contributed by atoms with van der Waals surface area (Å²) < 4.78 is 47.1. The molecule has 1 amide bonds. The van der Waals surface area contributed by atoms with E-state index in [0.717, 1.165) is 16.9 Å². The maximum atomic E-state index is 12.8. The van der Waals surface area contributed by atoms with Crippen molar-refractivity contribution in [2.45, 2.75) is 32.5 Å². The number of alkyl halides is 3. The summed E-state index contributed by atoms with van der Waals surface area (Å²) in [6, 6.07) is -1.14. The molecular weight excluding hydrogens is 345 g/mol. The van der Waals surface area contributed by atoms with Crippen molar-refractivity contribution in [3.05, 3.63) is 0 Å². The Morgan fingerprint density at radius 2 is 1.76 bits per heavy atom. The lowest BCUT2D eigenvalue weighted by Crippen LogP contribution is -2.46. The van der Waals surface area contributed by atoms with E-state index in [2.05, 4.69) is 9.47 Å². The van der Waals surface area contributed by atoms with Gasteiger partial charge in [0.25, 0.3) is 0 Å². The second kappa shape index (κ2) is 8.50. The zero-order chi connectivity index (χ0) is 19.4. The first-order chi connectivity index (χ1) is 11.5. The van der Waals surface area contributed by atoms with Crippen molar-refractivity contribution in [2.24, 2.45) is 11.8 Å². The van der Waals surface area contributed by atoms with Gasteiger partial charge in [-0.25, -0.2) is 4.79 Å². The summed E-state index contributed by atoms with van der Waals surface area (Å²) in [4.78, 5) is 38.2. The first kappa shape index (κ1) is 21.2. The van der Waals surface area contributed by atoms with Crippen LogP contribution in [0.25, 0.3) is 0 Å². The monoisotopic (exact) mass is 368 g/mol. The minimum Gasteiger partial charge on any atom is -0.469 e. The molecule has 144 valence electrons. The molecular formula is C15H23F3N2O5. The van der Waals surface area contributed by atoms with E-state index in [1.54, 1.807) is 13.8 Å². The van der Waals surface area contributed by atoms with E-state index in [0.29, 0.717) is 0 Å². The summed E-state index contributed by atoms with van der Waals surface area (Å²) in [5.74, 6) is -3.03. The van der Waals surface area contributed by atoms with Crippen molar-refractivity contribution in [3.8, 4) is 0 Å². The predicted octanol–water partition coefficient (Wildman–Crippen LogP) is 1.03. The van der Waals surface area contributed by atoms with Crippen LogP contribution < -0.4 is 0 Å². The third kappa shape index (κ3) is 5.87. The standard InChI is InChI=1S/C15H23F3N2O5/c1-9(2)10(5-12(21)24-3)13(22)20-8-19(7-15(16,17)18)6-11(20)14(23)25-4/h9-11H,5-8H2,1-4H3/t10-,11-/m0/s1. The van der Waals surface area contributed by atoms with Crippen molar-refractivity contribution >= 4 is 17.8 Å². The van der Waals surface area contributed by atoms with E-state index >= 15 is 0 Å². The van der Waals surface area contributed by atoms with E-state index < -0.39 is 42.5 Å². The first-order valence-corrected chi connectivity index (χ1v) is 7.74. The largest absolute Gasteiger partial charge is 0.469 e. The third-order valence-corrected chi connectivity index (χ3v) is 4.06. The lowest BCUT2D eigenvalue weighted by atomic mass is 9.91. The number of ether oxygens (including phenoxy) is 2. The van der Waals surface area contributed by atoms with Gasteiger partial charge in [0.05, 0.1) is 39.8 Å². The fourth-order valence-corrected chi connectivity index (χ4v) is 2.73. The Labute approximate surface area is 144 Å². The number of hydrogen-bond acceptors (Lipinski definition) is 6. The maximum absolute atomic E-state index is 12.8. The van der Waals surface area contributed by atoms with Gasteiger partial charge in [-0.3, -0.25) is 14.5 Å². The minimum atomic E-state index is -4.46. The van der Waals surface area contributed by atoms with Crippen molar-refractivity contribution in [1.82, 2.24) is 9.80 Å². The molecule has 0 aromatic heterocycles. The molecule has 0 aromatic carbocycles. The molecule has 0 aliphatic carbocycles. The molecule has 1 aliphatic rings. The Balaban J connectivity index is 3.00. The molecule has 1 saturated heterocycles. The van der Waals surface area contributed by atoms with Gasteiger partial charge in [-0.2, -0.15) is 13.2 Å². The molecule has 0 unspecified atom stereocenters. The van der Waals surface area contributed by atoms with E-state index in [-0.39, 0.29) is 25.6 Å². The summed E-state index contributed by atoms with van der Waals surface area (Å²) >= 11 is 0. The fourth-order valence-electron chi connectivity index (χ4n) is 2.73. The maximum Gasteiger partial charge on any atom is 0.401 e. The van der Waals surface area contributed by atoms with Gasteiger partial charge in [-0.1, -0.05) is 13.8 Å². The highest BCUT2D eigenvalue weighted by Gasteiger charge is 2.45. The number of esters is 2. The highest BCUT2D eigenvalue weighted by molar-refractivity contribution is 5.88. The second-order valence-electron chi connectivity index (χ2n) is 6.25. The van der Waals surface area contributed by atoms with Gasteiger partial charge in [-0.05, 0) is 5.92 Å². The Morgan fingerprint density at radius 3 is 2.20 bits per heavy atom. The number of hydrogen-bond donors (Lipinski definition) is 0. The van der Waals surface area contributed by atoms with E-state index in [9.17, 15) is 27.6 Å². The zero-order valence-electron chi connectivity index (χ0n) is 14.6. The van der Waals surface area contributed by atoms with Gasteiger partial charge < -0.3 is 14.4 Å². The summed E-state index contributed by atoms with van der Waals surface area (Å²) in [6.45, 7) is 1.54. The average Bonchev–Trinajstić information content (AvgIpc) is 2.92. The van der Waals surface area contributed by atoms with Crippen LogP contribution in [0.5, 0.6) is 0 Å². The Kier molecular flexibility index (Phi) is 7.21. The molecule has 0 saturated carbocycles. The smallest absolute Gasteiger partial charge is 0.401 e. The first-order valence-electron chi connectivity index (χ1n) is 7.74. The van der Waals surface area contributed by atoms with E-state index in [4.69, 9.17) is 0 Å². The Morgan fingerprint density at radius 1 is 1.16 bits per heavy atom. The van der Waals surface area contributed by atoms with Gasteiger partial charge in [0.2, 0.25) is 5.91 Å². The van der Waals surface area contributed by atoms with Crippen LogP contribution in [0.1, 0.15) is 20.3 Å². The predicted molar refractivity (Wildman–Crippen MR) is 80.1 cm³/mol. The lowest BCUT2D eigenvalue weighted by Gasteiger charge is -2.28. The topological polar surface area (TPSA) is 76.2 Å². The number of halogens is 3. The summed E-state index contributed by atoms with van der Waals surface area (Å²) in [5, 5.41) is 0. The molecule has 10 heteroatoms. The van der Waals surface area contributed by atoms with Crippen molar-refractivity contribution in [2.75, 3.05) is 34.0 Å². The summed E-state index contributed by atoms with van der Waals surface area (Å²) in [5.41, 5.74) is 0. The average molecular weight is 368 g/mol. The molecule has 1 aliphatic heterocycles. The molecule has 2 atom stereocenters. The Hall–Kier alpha value is -1.84. The van der Waals surface area contributed by atoms with Crippen LogP contribution in [0, 0.1) is 11.8 Å². The van der Waals surface area contributed by atoms with Crippen LogP contribution in [-0.4, -0.2) is 73.8 Å². The lowest BCUT2D eigenvalue weighted by molar-refractivity contribution is -0.155. The van der Waals surface area contributed by atoms with Crippen molar-refractivity contribution in [1.29, 1.82) is 0 Å². The normalized spacial score (nSPS) is 19.8. The minimum absolute atomic E-state index is 0.212. The van der Waals surface area contributed by atoms with Gasteiger partial charge >= 0.3 is 18.1 Å².